The number of fused-ring (bicyclic) bond motifs is 1. The third kappa shape index (κ3) is 2.34. The third-order valence-corrected chi connectivity index (χ3v) is 3.07. The zero-order valence-electron chi connectivity index (χ0n) is 10.6. The molecule has 1 aliphatic heterocycles. The number of hydrogen-bond acceptors (Lipinski definition) is 3. The monoisotopic (exact) mass is 247 g/mol. The predicted molar refractivity (Wildman–Crippen MR) is 68.1 cm³/mol. The summed E-state index contributed by atoms with van der Waals surface area (Å²) in [6, 6.07) is 1.60. The zero-order chi connectivity index (χ0) is 13.1. The van der Waals surface area contributed by atoms with E-state index in [1.807, 2.05) is 6.92 Å². The summed E-state index contributed by atoms with van der Waals surface area (Å²) in [6.07, 6.45) is 2.88. The van der Waals surface area contributed by atoms with Crippen molar-refractivity contribution in [1.29, 1.82) is 0 Å². The maximum absolute atomic E-state index is 11.8. The van der Waals surface area contributed by atoms with Gasteiger partial charge in [0.05, 0.1) is 5.69 Å². The Morgan fingerprint density at radius 3 is 3.06 bits per heavy atom. The number of carbonyl (C=O) groups excluding carboxylic acids is 1. The summed E-state index contributed by atoms with van der Waals surface area (Å²) < 4.78 is 1.50. The maximum Gasteiger partial charge on any atom is 0.267 e. The van der Waals surface area contributed by atoms with Crippen molar-refractivity contribution in [1.82, 2.24) is 14.7 Å². The lowest BCUT2D eigenvalue weighted by Crippen LogP contribution is -2.37. The standard InChI is InChI=1S/C13H17N3O2/c1-3-6-16-13(18)8-10-9-15(12(17)4-2)7-5-11(10)14-16/h4,8H,2-3,5-7,9H2,1H3. The lowest BCUT2D eigenvalue weighted by atomic mass is 10.1. The molecule has 0 atom stereocenters. The first-order valence-corrected chi connectivity index (χ1v) is 6.17. The minimum absolute atomic E-state index is 0.0940. The van der Waals surface area contributed by atoms with Gasteiger partial charge in [-0.1, -0.05) is 13.5 Å². The van der Waals surface area contributed by atoms with Crippen molar-refractivity contribution in [3.05, 3.63) is 40.3 Å². The quantitative estimate of drug-likeness (QED) is 0.740. The van der Waals surface area contributed by atoms with Crippen LogP contribution in [0.3, 0.4) is 0 Å². The Hall–Kier alpha value is -1.91. The van der Waals surface area contributed by atoms with Gasteiger partial charge in [-0.05, 0) is 12.5 Å². The molecule has 5 heteroatoms. The molecule has 0 aromatic carbocycles. The zero-order valence-corrected chi connectivity index (χ0v) is 10.6. The third-order valence-electron chi connectivity index (χ3n) is 3.07. The van der Waals surface area contributed by atoms with Crippen LogP contribution in [0.25, 0.3) is 0 Å². The van der Waals surface area contributed by atoms with Crippen LogP contribution in [0.15, 0.2) is 23.5 Å². The predicted octanol–water partition coefficient (Wildman–Crippen LogP) is 0.724. The largest absolute Gasteiger partial charge is 0.334 e. The van der Waals surface area contributed by atoms with E-state index in [9.17, 15) is 9.59 Å². The number of hydrogen-bond donors (Lipinski definition) is 0. The molecular weight excluding hydrogens is 230 g/mol. The van der Waals surface area contributed by atoms with E-state index in [1.165, 1.54) is 10.8 Å². The van der Waals surface area contributed by atoms with Crippen LogP contribution in [-0.4, -0.2) is 27.1 Å². The molecule has 1 amide bonds. The fraction of sp³-hybridized carbons (Fsp3) is 0.462. The minimum atomic E-state index is -0.0987. The molecule has 0 saturated heterocycles. The van der Waals surface area contributed by atoms with Gasteiger partial charge in [0.1, 0.15) is 0 Å². The molecule has 0 N–H and O–H groups in total. The van der Waals surface area contributed by atoms with Gasteiger partial charge in [-0.25, -0.2) is 4.68 Å². The normalized spacial score (nSPS) is 14.2. The molecule has 0 aliphatic carbocycles. The van der Waals surface area contributed by atoms with Gasteiger partial charge in [0, 0.05) is 37.7 Å². The highest BCUT2D eigenvalue weighted by Crippen LogP contribution is 2.15. The number of nitrogens with zero attached hydrogens (tertiary/aromatic N) is 3. The molecule has 0 unspecified atom stereocenters. The Morgan fingerprint density at radius 1 is 1.61 bits per heavy atom. The van der Waals surface area contributed by atoms with E-state index in [2.05, 4.69) is 11.7 Å². The highest BCUT2D eigenvalue weighted by molar-refractivity contribution is 5.87. The fourth-order valence-corrected chi connectivity index (χ4v) is 2.13. The molecule has 1 aliphatic rings. The van der Waals surface area contributed by atoms with Crippen LogP contribution >= 0.6 is 0 Å². The molecule has 2 heterocycles. The van der Waals surface area contributed by atoms with Crippen LogP contribution in [0.2, 0.25) is 0 Å². The van der Waals surface area contributed by atoms with Gasteiger partial charge >= 0.3 is 0 Å². The van der Waals surface area contributed by atoms with Crippen LogP contribution in [-0.2, 0) is 24.3 Å². The van der Waals surface area contributed by atoms with Crippen molar-refractivity contribution < 1.29 is 4.79 Å². The summed E-state index contributed by atoms with van der Waals surface area (Å²) in [5.74, 6) is -0.0987. The summed E-state index contributed by atoms with van der Waals surface area (Å²) in [6.45, 7) is 7.22. The van der Waals surface area contributed by atoms with Crippen molar-refractivity contribution in [2.75, 3.05) is 6.54 Å². The highest BCUT2D eigenvalue weighted by Gasteiger charge is 2.21. The van der Waals surface area contributed by atoms with Gasteiger partial charge in [0.25, 0.3) is 5.56 Å². The molecule has 0 fully saturated rings. The second-order valence-electron chi connectivity index (χ2n) is 4.39. The number of rotatable bonds is 3. The number of aryl methyl sites for hydroxylation is 1. The van der Waals surface area contributed by atoms with E-state index in [0.717, 1.165) is 17.7 Å². The van der Waals surface area contributed by atoms with Crippen molar-refractivity contribution in [2.45, 2.75) is 32.9 Å². The Bertz CT molecular complexity index is 534. The summed E-state index contributed by atoms with van der Waals surface area (Å²) >= 11 is 0. The van der Waals surface area contributed by atoms with Gasteiger partial charge in [-0.15, -0.1) is 0 Å². The Morgan fingerprint density at radius 2 is 2.39 bits per heavy atom. The summed E-state index contributed by atoms with van der Waals surface area (Å²) in [7, 11) is 0. The molecular formula is C13H17N3O2. The molecule has 96 valence electrons. The Kier molecular flexibility index (Phi) is 3.60. The average Bonchev–Trinajstić information content (AvgIpc) is 2.38. The fourth-order valence-electron chi connectivity index (χ4n) is 2.13. The van der Waals surface area contributed by atoms with Crippen molar-refractivity contribution in [3.63, 3.8) is 0 Å². The van der Waals surface area contributed by atoms with Gasteiger partial charge in [-0.2, -0.15) is 5.10 Å². The highest BCUT2D eigenvalue weighted by atomic mass is 16.2. The van der Waals surface area contributed by atoms with E-state index in [-0.39, 0.29) is 11.5 Å². The summed E-state index contributed by atoms with van der Waals surface area (Å²) in [5.41, 5.74) is 1.69. The molecule has 0 radical (unpaired) electrons. The van der Waals surface area contributed by atoms with E-state index in [1.54, 1.807) is 11.0 Å². The second-order valence-corrected chi connectivity index (χ2v) is 4.39. The molecule has 1 aromatic rings. The molecule has 0 bridgehead atoms. The first-order valence-electron chi connectivity index (χ1n) is 6.17. The minimum Gasteiger partial charge on any atom is -0.334 e. The van der Waals surface area contributed by atoms with Crippen LogP contribution in [0.5, 0.6) is 0 Å². The molecule has 18 heavy (non-hydrogen) atoms. The molecule has 0 spiro atoms. The summed E-state index contributed by atoms with van der Waals surface area (Å²) in [4.78, 5) is 25.0. The van der Waals surface area contributed by atoms with Crippen LogP contribution in [0, 0.1) is 0 Å². The van der Waals surface area contributed by atoms with E-state index >= 15 is 0 Å². The van der Waals surface area contributed by atoms with Gasteiger partial charge in [-0.3, -0.25) is 9.59 Å². The molecule has 5 nitrogen and oxygen atoms in total. The smallest absolute Gasteiger partial charge is 0.267 e. The molecule has 1 aromatic heterocycles. The first-order chi connectivity index (χ1) is 8.65. The maximum atomic E-state index is 11.8. The number of carbonyl (C=O) groups is 1. The SMILES string of the molecule is C=CC(=O)N1CCc2nn(CCC)c(=O)cc2C1. The van der Waals surface area contributed by atoms with E-state index in [0.29, 0.717) is 26.1 Å². The lowest BCUT2D eigenvalue weighted by molar-refractivity contribution is -0.126. The van der Waals surface area contributed by atoms with Gasteiger partial charge in [0.2, 0.25) is 5.91 Å². The van der Waals surface area contributed by atoms with E-state index < -0.39 is 0 Å². The van der Waals surface area contributed by atoms with Crippen molar-refractivity contribution >= 4 is 5.91 Å². The van der Waals surface area contributed by atoms with Crippen molar-refractivity contribution in [3.8, 4) is 0 Å². The van der Waals surface area contributed by atoms with E-state index in [4.69, 9.17) is 0 Å². The lowest BCUT2D eigenvalue weighted by Gasteiger charge is -2.27. The topological polar surface area (TPSA) is 55.2 Å². The Labute approximate surface area is 106 Å². The Balaban J connectivity index is 2.29. The van der Waals surface area contributed by atoms with Gasteiger partial charge < -0.3 is 4.90 Å². The van der Waals surface area contributed by atoms with Crippen molar-refractivity contribution in [2.24, 2.45) is 0 Å². The average molecular weight is 247 g/mol. The van der Waals surface area contributed by atoms with Crippen LogP contribution < -0.4 is 5.56 Å². The first kappa shape index (κ1) is 12.5. The van der Waals surface area contributed by atoms with Gasteiger partial charge in [0.15, 0.2) is 0 Å². The number of aromatic nitrogens is 2. The van der Waals surface area contributed by atoms with Crippen LogP contribution in [0.1, 0.15) is 24.6 Å². The summed E-state index contributed by atoms with van der Waals surface area (Å²) in [5, 5.41) is 4.36. The second kappa shape index (κ2) is 5.16. The number of amides is 1. The molecule has 2 rings (SSSR count). The van der Waals surface area contributed by atoms with Crippen LogP contribution in [0.4, 0.5) is 0 Å². The molecule has 0 saturated carbocycles.